The first-order chi connectivity index (χ1) is 12.4. The van der Waals surface area contributed by atoms with Gasteiger partial charge in [-0.15, -0.1) is 0 Å². The summed E-state index contributed by atoms with van der Waals surface area (Å²) in [5.41, 5.74) is 0.0406. The van der Waals surface area contributed by atoms with Gasteiger partial charge in [-0.3, -0.25) is 14.5 Å². The first-order valence-electron chi connectivity index (χ1n) is 8.84. The van der Waals surface area contributed by atoms with Crippen LogP contribution in [0.4, 0.5) is 10.5 Å². The fourth-order valence-corrected chi connectivity index (χ4v) is 2.94. The van der Waals surface area contributed by atoms with Crippen molar-refractivity contribution in [3.05, 3.63) is 29.8 Å². The van der Waals surface area contributed by atoms with Gasteiger partial charge in [0.15, 0.2) is 0 Å². The van der Waals surface area contributed by atoms with Crippen molar-refractivity contribution in [1.82, 2.24) is 10.2 Å². The van der Waals surface area contributed by atoms with E-state index in [0.29, 0.717) is 17.7 Å². The van der Waals surface area contributed by atoms with Gasteiger partial charge in [0.05, 0.1) is 11.6 Å². The van der Waals surface area contributed by atoms with E-state index < -0.39 is 17.5 Å². The quantitative estimate of drug-likeness (QED) is 0.552. The van der Waals surface area contributed by atoms with Gasteiger partial charge >= 0.3 is 6.03 Å². The van der Waals surface area contributed by atoms with Gasteiger partial charge in [-0.05, 0) is 37.6 Å². The van der Waals surface area contributed by atoms with Crippen LogP contribution in [-0.2, 0) is 9.59 Å². The highest BCUT2D eigenvalue weighted by Gasteiger charge is 2.47. The summed E-state index contributed by atoms with van der Waals surface area (Å²) in [7, 11) is 0. The maximum absolute atomic E-state index is 12.6. The highest BCUT2D eigenvalue weighted by atomic mass is 16.2. The van der Waals surface area contributed by atoms with Crippen molar-refractivity contribution in [3.63, 3.8) is 0 Å². The number of carbonyl (C=O) groups excluding carboxylic acids is 3. The van der Waals surface area contributed by atoms with Crippen LogP contribution in [0.3, 0.4) is 0 Å². The van der Waals surface area contributed by atoms with Crippen LogP contribution in [0.5, 0.6) is 0 Å². The van der Waals surface area contributed by atoms with E-state index in [9.17, 15) is 14.4 Å². The predicted octanol–water partition coefficient (Wildman–Crippen LogP) is 2.78. The molecule has 1 unspecified atom stereocenters. The van der Waals surface area contributed by atoms with Crippen molar-refractivity contribution in [2.45, 2.75) is 51.5 Å². The van der Waals surface area contributed by atoms with Gasteiger partial charge in [0.2, 0.25) is 5.91 Å². The molecule has 1 aromatic carbocycles. The molecule has 138 valence electrons. The lowest BCUT2D eigenvalue weighted by molar-refractivity contribution is -0.133. The Morgan fingerprint density at radius 2 is 1.92 bits per heavy atom. The summed E-state index contributed by atoms with van der Waals surface area (Å²) >= 11 is 0. The molecule has 0 radical (unpaired) electrons. The molecular weight excluding hydrogens is 332 g/mol. The van der Waals surface area contributed by atoms with Gasteiger partial charge < -0.3 is 10.6 Å². The van der Waals surface area contributed by atoms with E-state index in [4.69, 9.17) is 5.26 Å². The van der Waals surface area contributed by atoms with Crippen LogP contribution in [0.2, 0.25) is 0 Å². The molecule has 1 atom stereocenters. The Kier molecular flexibility index (Phi) is 6.34. The number of nitriles is 1. The molecule has 7 heteroatoms. The molecule has 4 amide bonds. The smallest absolute Gasteiger partial charge is 0.325 e. The van der Waals surface area contributed by atoms with Crippen molar-refractivity contribution >= 4 is 23.5 Å². The maximum Gasteiger partial charge on any atom is 0.325 e. The van der Waals surface area contributed by atoms with E-state index in [0.717, 1.165) is 30.6 Å². The van der Waals surface area contributed by atoms with Gasteiger partial charge in [0, 0.05) is 5.69 Å². The topological polar surface area (TPSA) is 102 Å². The second-order valence-electron chi connectivity index (χ2n) is 6.70. The Morgan fingerprint density at radius 3 is 2.54 bits per heavy atom. The van der Waals surface area contributed by atoms with Crippen molar-refractivity contribution in [2.75, 3.05) is 11.9 Å². The lowest BCUT2D eigenvalue weighted by Gasteiger charge is -2.21. The third-order valence-corrected chi connectivity index (χ3v) is 4.47. The number of carbonyl (C=O) groups is 3. The minimum Gasteiger partial charge on any atom is -0.325 e. The number of anilines is 1. The Balaban J connectivity index is 1.93. The summed E-state index contributed by atoms with van der Waals surface area (Å²) in [5.74, 6) is -0.831. The van der Waals surface area contributed by atoms with E-state index in [2.05, 4.69) is 17.6 Å². The second kappa shape index (κ2) is 8.48. The molecule has 0 spiro atoms. The Labute approximate surface area is 153 Å². The average molecular weight is 356 g/mol. The van der Waals surface area contributed by atoms with Gasteiger partial charge in [-0.25, -0.2) is 4.79 Å². The van der Waals surface area contributed by atoms with Crippen molar-refractivity contribution in [2.24, 2.45) is 0 Å². The van der Waals surface area contributed by atoms with E-state index in [1.165, 1.54) is 0 Å². The third-order valence-electron chi connectivity index (χ3n) is 4.47. The van der Waals surface area contributed by atoms with Crippen molar-refractivity contribution in [1.29, 1.82) is 5.26 Å². The van der Waals surface area contributed by atoms with Crippen molar-refractivity contribution < 1.29 is 14.4 Å². The molecule has 1 aliphatic heterocycles. The summed E-state index contributed by atoms with van der Waals surface area (Å²) in [4.78, 5) is 37.9. The monoisotopic (exact) mass is 356 g/mol. The number of nitrogens with zero attached hydrogens (tertiary/aromatic N) is 2. The summed E-state index contributed by atoms with van der Waals surface area (Å²) < 4.78 is 0. The standard InChI is InChI=1S/C19H24N4O3/c1-3-4-5-6-11-19(2)17(25)23(18(26)22-19)13-16(24)21-15-9-7-14(12-20)8-10-15/h7-10H,3-6,11,13H2,1-2H3,(H,21,24)(H,22,26). The predicted molar refractivity (Wildman–Crippen MR) is 97.2 cm³/mol. The Bertz CT molecular complexity index is 723. The van der Waals surface area contributed by atoms with Gasteiger partial charge in [0.25, 0.3) is 5.91 Å². The van der Waals surface area contributed by atoms with E-state index >= 15 is 0 Å². The van der Waals surface area contributed by atoms with E-state index in [1.807, 2.05) is 6.07 Å². The normalized spacial score (nSPS) is 19.2. The average Bonchev–Trinajstić information content (AvgIpc) is 2.83. The fourth-order valence-electron chi connectivity index (χ4n) is 2.94. The van der Waals surface area contributed by atoms with Crippen LogP contribution in [0, 0.1) is 11.3 Å². The number of rotatable bonds is 8. The number of unbranched alkanes of at least 4 members (excludes halogenated alkanes) is 3. The largest absolute Gasteiger partial charge is 0.325 e. The highest BCUT2D eigenvalue weighted by molar-refractivity contribution is 6.09. The lowest BCUT2D eigenvalue weighted by atomic mass is 9.94. The zero-order valence-corrected chi connectivity index (χ0v) is 15.2. The van der Waals surface area contributed by atoms with Crippen LogP contribution >= 0.6 is 0 Å². The highest BCUT2D eigenvalue weighted by Crippen LogP contribution is 2.24. The Hall–Kier alpha value is -2.88. The fraction of sp³-hybridized carbons (Fsp3) is 0.474. The summed E-state index contributed by atoms with van der Waals surface area (Å²) in [5, 5.41) is 14.1. The van der Waals surface area contributed by atoms with Crippen LogP contribution in [0.15, 0.2) is 24.3 Å². The molecule has 0 bridgehead atoms. The molecule has 1 saturated heterocycles. The molecule has 1 aromatic rings. The molecule has 1 fully saturated rings. The first-order valence-corrected chi connectivity index (χ1v) is 8.84. The minimum atomic E-state index is -0.945. The van der Waals surface area contributed by atoms with Crippen LogP contribution in [-0.4, -0.2) is 34.8 Å². The molecule has 0 aliphatic carbocycles. The molecule has 7 nitrogen and oxygen atoms in total. The third kappa shape index (κ3) is 4.60. The van der Waals surface area contributed by atoms with Gasteiger partial charge in [-0.1, -0.05) is 32.6 Å². The summed E-state index contributed by atoms with van der Waals surface area (Å²) in [6.45, 7) is 3.48. The first kappa shape index (κ1) is 19.4. The maximum atomic E-state index is 12.6. The molecule has 2 rings (SSSR count). The summed E-state index contributed by atoms with van der Waals surface area (Å²) in [6.07, 6.45) is 4.61. The molecule has 26 heavy (non-hydrogen) atoms. The molecule has 0 saturated carbocycles. The minimum absolute atomic E-state index is 0.338. The van der Waals surface area contributed by atoms with Crippen LogP contribution in [0.25, 0.3) is 0 Å². The van der Waals surface area contributed by atoms with Crippen molar-refractivity contribution in [3.8, 4) is 6.07 Å². The SMILES string of the molecule is CCCCCCC1(C)NC(=O)N(CC(=O)Nc2ccc(C#N)cc2)C1=O. The molecule has 0 aromatic heterocycles. The number of hydrogen-bond donors (Lipinski definition) is 2. The number of imide groups is 1. The number of urea groups is 1. The van der Waals surface area contributed by atoms with Crippen LogP contribution in [0.1, 0.15) is 51.5 Å². The molecular formula is C19H24N4O3. The zero-order valence-electron chi connectivity index (χ0n) is 15.2. The molecule has 1 heterocycles. The second-order valence-corrected chi connectivity index (χ2v) is 6.70. The van der Waals surface area contributed by atoms with E-state index in [1.54, 1.807) is 31.2 Å². The summed E-state index contributed by atoms with van der Waals surface area (Å²) in [6, 6.07) is 7.81. The zero-order chi connectivity index (χ0) is 19.2. The molecule has 1 aliphatic rings. The van der Waals surface area contributed by atoms with Crippen LogP contribution < -0.4 is 10.6 Å². The van der Waals surface area contributed by atoms with Gasteiger partial charge in [0.1, 0.15) is 12.1 Å². The number of nitrogens with one attached hydrogen (secondary N) is 2. The number of hydrogen-bond acceptors (Lipinski definition) is 4. The van der Waals surface area contributed by atoms with E-state index in [-0.39, 0.29) is 12.5 Å². The van der Waals surface area contributed by atoms with Gasteiger partial charge in [-0.2, -0.15) is 5.26 Å². The number of amides is 4. The molecule has 2 N–H and O–H groups in total. The lowest BCUT2D eigenvalue weighted by Crippen LogP contribution is -2.44. The Morgan fingerprint density at radius 1 is 1.23 bits per heavy atom. The number of benzene rings is 1.